The predicted molar refractivity (Wildman–Crippen MR) is 83.9 cm³/mol. The van der Waals surface area contributed by atoms with E-state index < -0.39 is 5.60 Å². The summed E-state index contributed by atoms with van der Waals surface area (Å²) in [6.45, 7) is 4.25. The molecule has 1 aromatic carbocycles. The standard InChI is InChI=1S/C16H21N5O2/c1-16(2,23)14-4-3-9-20(14)15(22)10-12-5-7-13(8-6-12)21-11-17-18-19-21/h5-8,11,14,23H,3-4,9-10H2,1-2H3. The van der Waals surface area contributed by atoms with Crippen molar-refractivity contribution in [3.8, 4) is 5.69 Å². The van der Waals surface area contributed by atoms with Gasteiger partial charge in [-0.1, -0.05) is 12.1 Å². The first-order valence-corrected chi connectivity index (χ1v) is 7.79. The van der Waals surface area contributed by atoms with Crippen LogP contribution >= 0.6 is 0 Å². The van der Waals surface area contributed by atoms with E-state index in [0.717, 1.165) is 30.6 Å². The van der Waals surface area contributed by atoms with Crippen molar-refractivity contribution in [1.29, 1.82) is 0 Å². The van der Waals surface area contributed by atoms with Crippen LogP contribution < -0.4 is 0 Å². The van der Waals surface area contributed by atoms with Crippen LogP contribution in [0.3, 0.4) is 0 Å². The van der Waals surface area contributed by atoms with Gasteiger partial charge in [-0.05, 0) is 54.8 Å². The van der Waals surface area contributed by atoms with Gasteiger partial charge >= 0.3 is 0 Å². The van der Waals surface area contributed by atoms with Crippen LogP contribution in [0.4, 0.5) is 0 Å². The molecule has 1 fully saturated rings. The molecule has 2 heterocycles. The molecular formula is C16H21N5O2. The molecule has 1 aromatic heterocycles. The number of hydrogen-bond acceptors (Lipinski definition) is 5. The average Bonchev–Trinajstić information content (AvgIpc) is 3.19. The van der Waals surface area contributed by atoms with Gasteiger partial charge in [0.1, 0.15) is 6.33 Å². The van der Waals surface area contributed by atoms with Crippen LogP contribution in [0, 0.1) is 0 Å². The van der Waals surface area contributed by atoms with Gasteiger partial charge in [-0.2, -0.15) is 0 Å². The van der Waals surface area contributed by atoms with Gasteiger partial charge in [0.25, 0.3) is 0 Å². The number of benzene rings is 1. The Hall–Kier alpha value is -2.28. The van der Waals surface area contributed by atoms with Crippen LogP contribution in [-0.4, -0.2) is 54.3 Å². The van der Waals surface area contributed by atoms with Crippen LogP contribution in [0.25, 0.3) is 5.69 Å². The van der Waals surface area contributed by atoms with Gasteiger partial charge in [0.2, 0.25) is 5.91 Å². The van der Waals surface area contributed by atoms with E-state index in [9.17, 15) is 9.90 Å². The molecular weight excluding hydrogens is 294 g/mol. The van der Waals surface area contributed by atoms with Gasteiger partial charge in [-0.3, -0.25) is 4.79 Å². The predicted octanol–water partition coefficient (Wildman–Crippen LogP) is 0.967. The molecule has 23 heavy (non-hydrogen) atoms. The SMILES string of the molecule is CC(C)(O)C1CCCN1C(=O)Cc1ccc(-n2cnnn2)cc1. The summed E-state index contributed by atoms with van der Waals surface area (Å²) in [5, 5.41) is 21.3. The van der Waals surface area contributed by atoms with E-state index in [1.54, 1.807) is 18.5 Å². The van der Waals surface area contributed by atoms with E-state index in [0.29, 0.717) is 6.42 Å². The molecule has 1 aliphatic rings. The normalized spacial score (nSPS) is 18.4. The number of rotatable bonds is 4. The highest BCUT2D eigenvalue weighted by molar-refractivity contribution is 5.79. The number of nitrogens with zero attached hydrogens (tertiary/aromatic N) is 5. The number of aliphatic hydroxyl groups is 1. The van der Waals surface area contributed by atoms with Crippen molar-refractivity contribution in [2.45, 2.75) is 44.8 Å². The summed E-state index contributed by atoms with van der Waals surface area (Å²) in [6.07, 6.45) is 3.66. The highest BCUT2D eigenvalue weighted by atomic mass is 16.3. The fourth-order valence-corrected chi connectivity index (χ4v) is 3.12. The minimum atomic E-state index is -0.865. The minimum Gasteiger partial charge on any atom is -0.388 e. The summed E-state index contributed by atoms with van der Waals surface area (Å²) in [5.41, 5.74) is 0.922. The molecule has 1 saturated heterocycles. The summed E-state index contributed by atoms with van der Waals surface area (Å²) < 4.78 is 1.57. The molecule has 1 aliphatic heterocycles. The zero-order valence-corrected chi connectivity index (χ0v) is 13.4. The zero-order valence-electron chi connectivity index (χ0n) is 13.4. The monoisotopic (exact) mass is 315 g/mol. The highest BCUT2D eigenvalue weighted by Crippen LogP contribution is 2.27. The molecule has 0 aliphatic carbocycles. The molecule has 0 bridgehead atoms. The Morgan fingerprint density at radius 3 is 2.70 bits per heavy atom. The first-order chi connectivity index (χ1) is 10.9. The van der Waals surface area contributed by atoms with Crippen molar-refractivity contribution in [2.24, 2.45) is 0 Å². The van der Waals surface area contributed by atoms with E-state index in [2.05, 4.69) is 15.5 Å². The van der Waals surface area contributed by atoms with Crippen molar-refractivity contribution in [3.63, 3.8) is 0 Å². The van der Waals surface area contributed by atoms with E-state index in [1.807, 2.05) is 29.2 Å². The van der Waals surface area contributed by atoms with Crippen LogP contribution in [0.2, 0.25) is 0 Å². The summed E-state index contributed by atoms with van der Waals surface area (Å²) in [6, 6.07) is 7.48. The maximum atomic E-state index is 12.6. The summed E-state index contributed by atoms with van der Waals surface area (Å²) in [7, 11) is 0. The third-order valence-electron chi connectivity index (χ3n) is 4.29. The summed E-state index contributed by atoms with van der Waals surface area (Å²) in [5.74, 6) is 0.0600. The summed E-state index contributed by atoms with van der Waals surface area (Å²) in [4.78, 5) is 14.4. The van der Waals surface area contributed by atoms with Crippen LogP contribution in [-0.2, 0) is 11.2 Å². The Bertz CT molecular complexity index is 661. The fraction of sp³-hybridized carbons (Fsp3) is 0.500. The molecule has 0 spiro atoms. The molecule has 7 heteroatoms. The van der Waals surface area contributed by atoms with Gasteiger partial charge < -0.3 is 10.0 Å². The summed E-state index contributed by atoms with van der Waals surface area (Å²) >= 11 is 0. The number of carbonyl (C=O) groups is 1. The fourth-order valence-electron chi connectivity index (χ4n) is 3.12. The number of aromatic nitrogens is 4. The smallest absolute Gasteiger partial charge is 0.227 e. The molecule has 0 radical (unpaired) electrons. The van der Waals surface area contributed by atoms with Gasteiger partial charge in [0.15, 0.2) is 0 Å². The maximum Gasteiger partial charge on any atom is 0.227 e. The number of tetrazole rings is 1. The third-order valence-corrected chi connectivity index (χ3v) is 4.29. The molecule has 1 amide bonds. The molecule has 0 saturated carbocycles. The first kappa shape index (κ1) is 15.6. The van der Waals surface area contributed by atoms with E-state index in [1.165, 1.54) is 6.33 Å². The van der Waals surface area contributed by atoms with Gasteiger partial charge in [0.05, 0.1) is 23.8 Å². The van der Waals surface area contributed by atoms with Crippen molar-refractivity contribution < 1.29 is 9.90 Å². The lowest BCUT2D eigenvalue weighted by Gasteiger charge is -2.34. The number of likely N-dealkylation sites (tertiary alicyclic amines) is 1. The first-order valence-electron chi connectivity index (χ1n) is 7.79. The molecule has 122 valence electrons. The lowest BCUT2D eigenvalue weighted by molar-refractivity contribution is -0.135. The van der Waals surface area contributed by atoms with Gasteiger partial charge in [-0.25, -0.2) is 4.68 Å². The Labute approximate surface area is 134 Å². The zero-order chi connectivity index (χ0) is 16.4. The number of hydrogen-bond donors (Lipinski definition) is 1. The van der Waals surface area contributed by atoms with E-state index >= 15 is 0 Å². The van der Waals surface area contributed by atoms with Crippen molar-refractivity contribution in [1.82, 2.24) is 25.1 Å². The maximum absolute atomic E-state index is 12.6. The molecule has 1 N–H and O–H groups in total. The van der Waals surface area contributed by atoms with Gasteiger partial charge in [0, 0.05) is 6.54 Å². The van der Waals surface area contributed by atoms with Crippen molar-refractivity contribution >= 4 is 5.91 Å². The average molecular weight is 315 g/mol. The molecule has 1 unspecified atom stereocenters. The highest BCUT2D eigenvalue weighted by Gasteiger charge is 2.38. The molecule has 2 aromatic rings. The second-order valence-corrected chi connectivity index (χ2v) is 6.50. The quantitative estimate of drug-likeness (QED) is 0.909. The van der Waals surface area contributed by atoms with Crippen LogP contribution in [0.1, 0.15) is 32.3 Å². The Morgan fingerprint density at radius 1 is 1.35 bits per heavy atom. The van der Waals surface area contributed by atoms with E-state index in [4.69, 9.17) is 0 Å². The molecule has 7 nitrogen and oxygen atoms in total. The Kier molecular flexibility index (Phi) is 4.12. The topological polar surface area (TPSA) is 84.1 Å². The molecule has 1 atom stereocenters. The minimum absolute atomic E-state index is 0.0600. The van der Waals surface area contributed by atoms with Crippen LogP contribution in [0.5, 0.6) is 0 Å². The lowest BCUT2D eigenvalue weighted by Crippen LogP contribution is -2.48. The van der Waals surface area contributed by atoms with Crippen molar-refractivity contribution in [3.05, 3.63) is 36.2 Å². The lowest BCUT2D eigenvalue weighted by atomic mass is 9.96. The Balaban J connectivity index is 1.68. The Morgan fingerprint density at radius 2 is 2.09 bits per heavy atom. The van der Waals surface area contributed by atoms with Crippen molar-refractivity contribution in [2.75, 3.05) is 6.54 Å². The van der Waals surface area contributed by atoms with Gasteiger partial charge in [-0.15, -0.1) is 5.10 Å². The number of amides is 1. The number of carbonyl (C=O) groups excluding carboxylic acids is 1. The second kappa shape index (κ2) is 6.08. The second-order valence-electron chi connectivity index (χ2n) is 6.50. The largest absolute Gasteiger partial charge is 0.388 e. The van der Waals surface area contributed by atoms with Crippen LogP contribution in [0.15, 0.2) is 30.6 Å². The molecule has 3 rings (SSSR count). The van der Waals surface area contributed by atoms with E-state index in [-0.39, 0.29) is 11.9 Å². The third kappa shape index (κ3) is 3.39.